The van der Waals surface area contributed by atoms with E-state index in [1.54, 1.807) is 23.0 Å². The highest BCUT2D eigenvalue weighted by molar-refractivity contribution is 5.97. The number of phenols is 1. The quantitative estimate of drug-likeness (QED) is 0.897. The van der Waals surface area contributed by atoms with Crippen LogP contribution in [0.2, 0.25) is 0 Å². The fraction of sp³-hybridized carbons (Fsp3) is 0.333. The van der Waals surface area contributed by atoms with Crippen molar-refractivity contribution in [3.63, 3.8) is 0 Å². The average Bonchev–Trinajstić information content (AvgIpc) is 2.86. The van der Waals surface area contributed by atoms with Gasteiger partial charge in [0.05, 0.1) is 17.8 Å². The van der Waals surface area contributed by atoms with Crippen LogP contribution in [-0.2, 0) is 13.5 Å². The monoisotopic (exact) mass is 273 g/mol. The van der Waals surface area contributed by atoms with Gasteiger partial charge in [-0.2, -0.15) is 5.10 Å². The van der Waals surface area contributed by atoms with Crippen molar-refractivity contribution in [3.05, 3.63) is 47.3 Å². The highest BCUT2D eigenvalue weighted by Crippen LogP contribution is 2.20. The van der Waals surface area contributed by atoms with Gasteiger partial charge in [0.25, 0.3) is 5.91 Å². The molecule has 0 aliphatic carbocycles. The molecule has 2 aromatic rings. The summed E-state index contributed by atoms with van der Waals surface area (Å²) < 4.78 is 1.69. The van der Waals surface area contributed by atoms with Crippen LogP contribution in [0.15, 0.2) is 30.6 Å². The van der Waals surface area contributed by atoms with Crippen LogP contribution in [0.4, 0.5) is 0 Å². The number of aromatic nitrogens is 2. The van der Waals surface area contributed by atoms with Gasteiger partial charge in [-0.25, -0.2) is 0 Å². The molecule has 0 aliphatic heterocycles. The summed E-state index contributed by atoms with van der Waals surface area (Å²) >= 11 is 0. The van der Waals surface area contributed by atoms with Crippen molar-refractivity contribution in [1.82, 2.24) is 15.1 Å². The molecule has 0 spiro atoms. The molecular weight excluding hydrogens is 254 g/mol. The number of amides is 1. The number of hydrogen-bond acceptors (Lipinski definition) is 3. The van der Waals surface area contributed by atoms with E-state index in [9.17, 15) is 9.90 Å². The second kappa shape index (κ2) is 5.77. The van der Waals surface area contributed by atoms with Gasteiger partial charge < -0.3 is 10.4 Å². The van der Waals surface area contributed by atoms with Crippen LogP contribution in [-0.4, -0.2) is 20.8 Å². The topological polar surface area (TPSA) is 67.2 Å². The minimum absolute atomic E-state index is 0.00177. The zero-order chi connectivity index (χ0) is 14.7. The van der Waals surface area contributed by atoms with Crippen molar-refractivity contribution < 1.29 is 9.90 Å². The molecule has 0 saturated heterocycles. The van der Waals surface area contributed by atoms with Crippen LogP contribution in [0.3, 0.4) is 0 Å². The van der Waals surface area contributed by atoms with Crippen molar-refractivity contribution in [3.8, 4) is 5.75 Å². The number of nitrogens with zero attached hydrogens (tertiary/aromatic N) is 2. The fourth-order valence-corrected chi connectivity index (χ4v) is 2.01. The van der Waals surface area contributed by atoms with Crippen LogP contribution in [0.5, 0.6) is 5.75 Å². The van der Waals surface area contributed by atoms with Crippen molar-refractivity contribution in [2.24, 2.45) is 7.05 Å². The van der Waals surface area contributed by atoms with Gasteiger partial charge in [0, 0.05) is 18.8 Å². The normalized spacial score (nSPS) is 12.2. The van der Waals surface area contributed by atoms with Crippen molar-refractivity contribution in [1.29, 1.82) is 0 Å². The molecule has 0 fully saturated rings. The third kappa shape index (κ3) is 2.99. The Bertz CT molecular complexity index is 619. The molecule has 0 aliphatic rings. The molecule has 0 saturated carbocycles. The number of benzene rings is 1. The van der Waals surface area contributed by atoms with Crippen LogP contribution in [0.1, 0.15) is 41.4 Å². The first kappa shape index (κ1) is 14.1. The molecule has 0 bridgehead atoms. The van der Waals surface area contributed by atoms with E-state index >= 15 is 0 Å². The van der Waals surface area contributed by atoms with Crippen LogP contribution >= 0.6 is 0 Å². The molecule has 0 radical (unpaired) electrons. The summed E-state index contributed by atoms with van der Waals surface area (Å²) in [5.41, 5.74) is 2.24. The first-order chi connectivity index (χ1) is 9.51. The van der Waals surface area contributed by atoms with E-state index in [4.69, 9.17) is 0 Å². The molecule has 20 heavy (non-hydrogen) atoms. The molecule has 1 atom stereocenters. The van der Waals surface area contributed by atoms with Gasteiger partial charge >= 0.3 is 0 Å². The zero-order valence-corrected chi connectivity index (χ0v) is 11.9. The summed E-state index contributed by atoms with van der Waals surface area (Å²) in [6.07, 6.45) is 4.39. The summed E-state index contributed by atoms with van der Waals surface area (Å²) in [6, 6.07) is 4.93. The summed E-state index contributed by atoms with van der Waals surface area (Å²) in [5, 5.41) is 16.8. The predicted molar refractivity (Wildman–Crippen MR) is 76.6 cm³/mol. The predicted octanol–water partition coefficient (Wildman–Crippen LogP) is 2.18. The second-order valence-electron chi connectivity index (χ2n) is 4.85. The van der Waals surface area contributed by atoms with Gasteiger partial charge in [-0.15, -0.1) is 0 Å². The maximum atomic E-state index is 12.2. The highest BCUT2D eigenvalue weighted by Gasteiger charge is 2.16. The Kier molecular flexibility index (Phi) is 4.08. The standard InChI is InChI=1S/C15H19N3O2/c1-4-11-5-6-14(19)13(7-11)15(20)17-10(2)12-8-16-18(3)9-12/h5-10,19H,4H2,1-3H3,(H,17,20). The number of carbonyl (C=O) groups excluding carboxylic acids is 1. The Morgan fingerprint density at radius 1 is 1.50 bits per heavy atom. The lowest BCUT2D eigenvalue weighted by molar-refractivity contribution is 0.0937. The number of nitrogens with one attached hydrogen (secondary N) is 1. The molecular formula is C15H19N3O2. The number of carbonyl (C=O) groups is 1. The Morgan fingerprint density at radius 2 is 2.25 bits per heavy atom. The summed E-state index contributed by atoms with van der Waals surface area (Å²) in [7, 11) is 1.83. The van der Waals surface area contributed by atoms with E-state index in [2.05, 4.69) is 10.4 Å². The van der Waals surface area contributed by atoms with E-state index in [1.807, 2.05) is 33.2 Å². The maximum absolute atomic E-state index is 12.2. The van der Waals surface area contributed by atoms with E-state index in [-0.39, 0.29) is 17.7 Å². The molecule has 106 valence electrons. The lowest BCUT2D eigenvalue weighted by atomic mass is 10.1. The fourth-order valence-electron chi connectivity index (χ4n) is 2.01. The molecule has 1 unspecified atom stereocenters. The van der Waals surface area contributed by atoms with Gasteiger partial charge in [-0.3, -0.25) is 9.48 Å². The van der Waals surface area contributed by atoms with Crippen molar-refractivity contribution >= 4 is 5.91 Å². The van der Waals surface area contributed by atoms with Crippen LogP contribution < -0.4 is 5.32 Å². The largest absolute Gasteiger partial charge is 0.507 e. The number of aryl methyl sites for hydroxylation is 2. The van der Waals surface area contributed by atoms with Crippen LogP contribution in [0.25, 0.3) is 0 Å². The van der Waals surface area contributed by atoms with E-state index in [1.165, 1.54) is 0 Å². The average molecular weight is 273 g/mol. The molecule has 5 heteroatoms. The van der Waals surface area contributed by atoms with Crippen molar-refractivity contribution in [2.45, 2.75) is 26.3 Å². The Labute approximate surface area is 118 Å². The minimum atomic E-state index is -0.283. The second-order valence-corrected chi connectivity index (χ2v) is 4.85. The third-order valence-corrected chi connectivity index (χ3v) is 3.29. The summed E-state index contributed by atoms with van der Waals surface area (Å²) in [4.78, 5) is 12.2. The number of phenolic OH excluding ortho intramolecular Hbond substituents is 1. The SMILES string of the molecule is CCc1ccc(O)c(C(=O)NC(C)c2cnn(C)c2)c1. The van der Waals surface area contributed by atoms with Gasteiger partial charge in [0.2, 0.25) is 0 Å². The molecule has 2 N–H and O–H groups in total. The molecule has 1 heterocycles. The number of hydrogen-bond donors (Lipinski definition) is 2. The highest BCUT2D eigenvalue weighted by atomic mass is 16.3. The molecule has 1 aromatic carbocycles. The Morgan fingerprint density at radius 3 is 2.85 bits per heavy atom. The first-order valence-electron chi connectivity index (χ1n) is 6.62. The molecule has 1 aromatic heterocycles. The van der Waals surface area contributed by atoms with Gasteiger partial charge in [0.15, 0.2) is 0 Å². The number of rotatable bonds is 4. The summed E-state index contributed by atoms with van der Waals surface area (Å²) in [5.74, 6) is -0.285. The maximum Gasteiger partial charge on any atom is 0.255 e. The lowest BCUT2D eigenvalue weighted by Gasteiger charge is -2.13. The minimum Gasteiger partial charge on any atom is -0.507 e. The Hall–Kier alpha value is -2.30. The van der Waals surface area contributed by atoms with E-state index < -0.39 is 0 Å². The summed E-state index contributed by atoms with van der Waals surface area (Å²) in [6.45, 7) is 3.89. The molecule has 1 amide bonds. The molecule has 5 nitrogen and oxygen atoms in total. The van der Waals surface area contributed by atoms with Crippen LogP contribution in [0, 0.1) is 0 Å². The lowest BCUT2D eigenvalue weighted by Crippen LogP contribution is -2.26. The van der Waals surface area contributed by atoms with Gasteiger partial charge in [-0.05, 0) is 31.0 Å². The Balaban J connectivity index is 2.15. The van der Waals surface area contributed by atoms with Gasteiger partial charge in [0.1, 0.15) is 5.75 Å². The molecule has 2 rings (SSSR count). The van der Waals surface area contributed by atoms with Gasteiger partial charge in [-0.1, -0.05) is 13.0 Å². The third-order valence-electron chi connectivity index (χ3n) is 3.29. The smallest absolute Gasteiger partial charge is 0.255 e. The zero-order valence-electron chi connectivity index (χ0n) is 11.9. The first-order valence-corrected chi connectivity index (χ1v) is 6.62. The number of aromatic hydroxyl groups is 1. The van der Waals surface area contributed by atoms with E-state index in [0.717, 1.165) is 17.5 Å². The van der Waals surface area contributed by atoms with Crippen molar-refractivity contribution in [2.75, 3.05) is 0 Å². The van der Waals surface area contributed by atoms with E-state index in [0.29, 0.717) is 5.56 Å².